The quantitative estimate of drug-likeness (QED) is 0.358. The molecule has 2 aliphatic rings. The first-order valence-electron chi connectivity index (χ1n) is 11.4. The molecule has 31 heavy (non-hydrogen) atoms. The third kappa shape index (κ3) is 5.93. The normalized spacial score (nSPS) is 22.9. The molecule has 170 valence electrons. The van der Waals surface area contributed by atoms with Gasteiger partial charge in [-0.15, -0.1) is 24.0 Å². The number of imidazole rings is 1. The fourth-order valence-corrected chi connectivity index (χ4v) is 4.70. The van der Waals surface area contributed by atoms with Gasteiger partial charge >= 0.3 is 0 Å². The standard InChI is InChI=1S/C24H36N6.HI/c1-19-8-12-28(13-9-19)22-6-4-21(5-7-22)16-27-24(25-3)29-14-10-20(2)23(17-29)30-15-11-26-18-30;/h4-7,11,15,18-20,23H,8-10,12-14,16-17H2,1-3H3,(H,25,27);1H. The van der Waals surface area contributed by atoms with Crippen LogP contribution >= 0.6 is 24.0 Å². The molecule has 2 saturated heterocycles. The summed E-state index contributed by atoms with van der Waals surface area (Å²) in [6, 6.07) is 9.48. The molecule has 0 bridgehead atoms. The molecule has 2 fully saturated rings. The molecule has 7 heteroatoms. The van der Waals surface area contributed by atoms with Crippen molar-refractivity contribution in [1.29, 1.82) is 0 Å². The molecular weight excluding hydrogens is 499 g/mol. The number of likely N-dealkylation sites (tertiary alicyclic amines) is 1. The van der Waals surface area contributed by atoms with Crippen molar-refractivity contribution in [3.63, 3.8) is 0 Å². The van der Waals surface area contributed by atoms with E-state index in [1.54, 1.807) is 0 Å². The first-order valence-corrected chi connectivity index (χ1v) is 11.4. The highest BCUT2D eigenvalue weighted by molar-refractivity contribution is 14.0. The van der Waals surface area contributed by atoms with Crippen LogP contribution in [0.5, 0.6) is 0 Å². The molecule has 0 aliphatic carbocycles. The van der Waals surface area contributed by atoms with Crippen molar-refractivity contribution in [2.45, 2.75) is 45.7 Å². The van der Waals surface area contributed by atoms with Crippen molar-refractivity contribution in [1.82, 2.24) is 19.8 Å². The summed E-state index contributed by atoms with van der Waals surface area (Å²) in [7, 11) is 1.88. The van der Waals surface area contributed by atoms with Gasteiger partial charge in [0.05, 0.1) is 12.4 Å². The largest absolute Gasteiger partial charge is 0.372 e. The van der Waals surface area contributed by atoms with Crippen molar-refractivity contribution in [3.05, 3.63) is 48.5 Å². The Hall–Kier alpha value is -1.77. The summed E-state index contributed by atoms with van der Waals surface area (Å²) in [5, 5.41) is 3.58. The summed E-state index contributed by atoms with van der Waals surface area (Å²) in [6.07, 6.45) is 9.64. The molecule has 2 unspecified atom stereocenters. The Bertz CT molecular complexity index is 811. The molecule has 2 aromatic rings. The van der Waals surface area contributed by atoms with Crippen LogP contribution in [-0.4, -0.2) is 53.6 Å². The lowest BCUT2D eigenvalue weighted by atomic mass is 9.93. The van der Waals surface area contributed by atoms with Gasteiger partial charge in [0.2, 0.25) is 0 Å². The first kappa shape index (κ1) is 23.9. The number of rotatable bonds is 4. The third-order valence-corrected chi connectivity index (χ3v) is 6.87. The number of guanidine groups is 1. The van der Waals surface area contributed by atoms with E-state index in [1.807, 2.05) is 19.6 Å². The molecule has 1 aromatic heterocycles. The van der Waals surface area contributed by atoms with E-state index in [9.17, 15) is 0 Å². The number of anilines is 1. The molecule has 4 rings (SSSR count). The minimum absolute atomic E-state index is 0. The van der Waals surface area contributed by atoms with Crippen LogP contribution in [-0.2, 0) is 6.54 Å². The van der Waals surface area contributed by atoms with Gasteiger partial charge < -0.3 is 19.7 Å². The van der Waals surface area contributed by atoms with Crippen LogP contribution < -0.4 is 10.2 Å². The predicted octanol–water partition coefficient (Wildman–Crippen LogP) is 4.40. The predicted molar refractivity (Wildman–Crippen MR) is 139 cm³/mol. The lowest BCUT2D eigenvalue weighted by Crippen LogP contribution is -2.48. The average Bonchev–Trinajstić information content (AvgIpc) is 3.31. The van der Waals surface area contributed by atoms with E-state index in [2.05, 4.69) is 74.0 Å². The van der Waals surface area contributed by atoms with Crippen LogP contribution in [0.1, 0.15) is 44.7 Å². The van der Waals surface area contributed by atoms with E-state index in [-0.39, 0.29) is 24.0 Å². The van der Waals surface area contributed by atoms with E-state index in [0.717, 1.165) is 37.9 Å². The van der Waals surface area contributed by atoms with E-state index >= 15 is 0 Å². The van der Waals surface area contributed by atoms with Gasteiger partial charge in [-0.1, -0.05) is 26.0 Å². The van der Waals surface area contributed by atoms with Gasteiger partial charge in [-0.25, -0.2) is 4.98 Å². The second-order valence-electron chi connectivity index (χ2n) is 9.03. The molecule has 6 nitrogen and oxygen atoms in total. The van der Waals surface area contributed by atoms with Crippen LogP contribution in [0.2, 0.25) is 0 Å². The third-order valence-electron chi connectivity index (χ3n) is 6.87. The summed E-state index contributed by atoms with van der Waals surface area (Å²) in [5.74, 6) is 2.49. The smallest absolute Gasteiger partial charge is 0.193 e. The maximum atomic E-state index is 4.56. The molecule has 2 atom stereocenters. The second kappa shape index (κ2) is 11.2. The maximum Gasteiger partial charge on any atom is 0.193 e. The second-order valence-corrected chi connectivity index (χ2v) is 9.03. The molecular formula is C24H37IN6. The molecule has 0 amide bonds. The maximum absolute atomic E-state index is 4.56. The van der Waals surface area contributed by atoms with E-state index < -0.39 is 0 Å². The van der Waals surface area contributed by atoms with Crippen LogP contribution in [0.15, 0.2) is 48.0 Å². The SMILES string of the molecule is CN=C(NCc1ccc(N2CCC(C)CC2)cc1)N1CCC(C)C(n2ccnc2)C1.I. The van der Waals surface area contributed by atoms with Crippen molar-refractivity contribution in [2.75, 3.05) is 38.1 Å². The highest BCUT2D eigenvalue weighted by Gasteiger charge is 2.28. The Kier molecular flexibility index (Phi) is 8.63. The summed E-state index contributed by atoms with van der Waals surface area (Å²) in [6.45, 7) is 9.85. The molecule has 0 saturated carbocycles. The Morgan fingerprint density at radius 3 is 2.48 bits per heavy atom. The van der Waals surface area contributed by atoms with Gasteiger partial charge in [-0.3, -0.25) is 4.99 Å². The van der Waals surface area contributed by atoms with Crippen molar-refractivity contribution >= 4 is 35.6 Å². The van der Waals surface area contributed by atoms with Crippen LogP contribution in [0.3, 0.4) is 0 Å². The first-order chi connectivity index (χ1) is 14.6. The number of nitrogens with one attached hydrogen (secondary N) is 1. The highest BCUT2D eigenvalue weighted by Crippen LogP contribution is 2.27. The molecule has 0 radical (unpaired) electrons. The topological polar surface area (TPSA) is 48.7 Å². The summed E-state index contributed by atoms with van der Waals surface area (Å²) >= 11 is 0. The van der Waals surface area contributed by atoms with Crippen molar-refractivity contribution in [3.8, 4) is 0 Å². The number of hydrogen-bond donors (Lipinski definition) is 1. The molecule has 1 N–H and O–H groups in total. The number of nitrogens with zero attached hydrogens (tertiary/aromatic N) is 5. The van der Waals surface area contributed by atoms with Crippen LogP contribution in [0.25, 0.3) is 0 Å². The van der Waals surface area contributed by atoms with Crippen LogP contribution in [0, 0.1) is 11.8 Å². The van der Waals surface area contributed by atoms with Gasteiger partial charge in [-0.05, 0) is 48.8 Å². The van der Waals surface area contributed by atoms with Gasteiger partial charge in [0.1, 0.15) is 0 Å². The zero-order valence-electron chi connectivity index (χ0n) is 19.1. The van der Waals surface area contributed by atoms with Crippen molar-refractivity contribution in [2.24, 2.45) is 16.8 Å². The van der Waals surface area contributed by atoms with Crippen molar-refractivity contribution < 1.29 is 0 Å². The Balaban J connectivity index is 0.00000272. The number of aliphatic imine (C=N–C) groups is 1. The summed E-state index contributed by atoms with van der Waals surface area (Å²) < 4.78 is 2.24. The molecule has 0 spiro atoms. The highest BCUT2D eigenvalue weighted by atomic mass is 127. The Morgan fingerprint density at radius 1 is 1.10 bits per heavy atom. The Labute approximate surface area is 204 Å². The monoisotopic (exact) mass is 536 g/mol. The summed E-state index contributed by atoms with van der Waals surface area (Å²) in [4.78, 5) is 13.7. The van der Waals surface area contributed by atoms with Gasteiger partial charge in [0.25, 0.3) is 0 Å². The minimum Gasteiger partial charge on any atom is -0.372 e. The zero-order chi connectivity index (χ0) is 20.9. The van der Waals surface area contributed by atoms with E-state index in [1.165, 1.54) is 37.2 Å². The zero-order valence-corrected chi connectivity index (χ0v) is 21.4. The molecule has 3 heterocycles. The fourth-order valence-electron chi connectivity index (χ4n) is 4.70. The van der Waals surface area contributed by atoms with Gasteiger partial charge in [0.15, 0.2) is 5.96 Å². The lowest BCUT2D eigenvalue weighted by molar-refractivity contribution is 0.189. The minimum atomic E-state index is 0. The number of aromatic nitrogens is 2. The lowest BCUT2D eigenvalue weighted by Gasteiger charge is -2.39. The average molecular weight is 537 g/mol. The Morgan fingerprint density at radius 2 is 1.84 bits per heavy atom. The number of benzene rings is 1. The van der Waals surface area contributed by atoms with E-state index in [4.69, 9.17) is 0 Å². The van der Waals surface area contributed by atoms with Gasteiger partial charge in [-0.2, -0.15) is 0 Å². The molecule has 1 aromatic carbocycles. The fraction of sp³-hybridized carbons (Fsp3) is 0.583. The van der Waals surface area contributed by atoms with Gasteiger partial charge in [0, 0.05) is 57.9 Å². The number of halogens is 1. The van der Waals surface area contributed by atoms with Crippen LogP contribution in [0.4, 0.5) is 5.69 Å². The van der Waals surface area contributed by atoms with E-state index in [0.29, 0.717) is 12.0 Å². The number of piperidine rings is 2. The number of hydrogen-bond acceptors (Lipinski definition) is 3. The molecule has 2 aliphatic heterocycles. The summed E-state index contributed by atoms with van der Waals surface area (Å²) in [5.41, 5.74) is 2.64.